The first-order valence-electron chi connectivity index (χ1n) is 8.66. The molecule has 2 aromatic heterocycles. The molecule has 0 bridgehead atoms. The first-order chi connectivity index (χ1) is 12.0. The quantitative estimate of drug-likeness (QED) is 0.751. The molecule has 0 saturated carbocycles. The lowest BCUT2D eigenvalue weighted by molar-refractivity contribution is 0.336. The van der Waals surface area contributed by atoms with Gasteiger partial charge in [0.1, 0.15) is 4.21 Å². The van der Waals surface area contributed by atoms with E-state index < -0.39 is 10.0 Å². The number of nitrogens with one attached hydrogen (secondary N) is 1. The fourth-order valence-electron chi connectivity index (χ4n) is 3.69. The molecule has 0 aliphatic heterocycles. The molecule has 1 atom stereocenters. The Morgan fingerprint density at radius 3 is 2.80 bits per heavy atom. The smallest absolute Gasteiger partial charge is 0.252 e. The molecule has 1 unspecified atom stereocenters. The summed E-state index contributed by atoms with van der Waals surface area (Å²) in [5.74, 6) is 0. The second-order valence-corrected chi connectivity index (χ2v) is 10.0. The highest BCUT2D eigenvalue weighted by Gasteiger charge is 2.32. The fraction of sp³-hybridized carbons (Fsp3) is 0.368. The molecule has 0 saturated heterocycles. The number of H-pyrrole nitrogens is 1. The first kappa shape index (κ1) is 16.8. The normalized spacial score (nSPS) is 18.0. The molecule has 4 nitrogen and oxygen atoms in total. The Labute approximate surface area is 152 Å². The van der Waals surface area contributed by atoms with Crippen molar-refractivity contribution in [2.45, 2.75) is 42.9 Å². The summed E-state index contributed by atoms with van der Waals surface area (Å²) in [5, 5.41) is 1.22. The molecule has 0 radical (unpaired) electrons. The van der Waals surface area contributed by atoms with Gasteiger partial charge in [0, 0.05) is 34.6 Å². The van der Waals surface area contributed by atoms with Crippen molar-refractivity contribution < 1.29 is 8.42 Å². The van der Waals surface area contributed by atoms with Gasteiger partial charge in [0.2, 0.25) is 0 Å². The second-order valence-electron chi connectivity index (χ2n) is 6.62. The maximum Gasteiger partial charge on any atom is 0.252 e. The maximum atomic E-state index is 13.0. The third kappa shape index (κ3) is 2.82. The van der Waals surface area contributed by atoms with Crippen LogP contribution in [-0.2, 0) is 29.3 Å². The minimum absolute atomic E-state index is 0.00360. The monoisotopic (exact) mass is 374 g/mol. The van der Waals surface area contributed by atoms with Crippen molar-refractivity contribution in [3.63, 3.8) is 0 Å². The van der Waals surface area contributed by atoms with E-state index in [0.29, 0.717) is 4.21 Å². The van der Waals surface area contributed by atoms with E-state index in [1.807, 2.05) is 25.1 Å². The number of aromatic amines is 1. The molecule has 1 aliphatic carbocycles. The third-order valence-corrected chi connectivity index (χ3v) is 8.81. The Bertz CT molecular complexity index is 1020. The van der Waals surface area contributed by atoms with E-state index in [1.165, 1.54) is 28.0 Å². The molecule has 2 heterocycles. The van der Waals surface area contributed by atoms with Crippen LogP contribution in [0.1, 0.15) is 29.5 Å². The van der Waals surface area contributed by atoms with Crippen LogP contribution in [0.4, 0.5) is 0 Å². The highest BCUT2D eigenvalue weighted by atomic mass is 32.2. The van der Waals surface area contributed by atoms with Crippen LogP contribution in [0.3, 0.4) is 0 Å². The van der Waals surface area contributed by atoms with Crippen molar-refractivity contribution in [2.24, 2.45) is 0 Å². The average Bonchev–Trinajstić information content (AvgIpc) is 3.25. The molecule has 25 heavy (non-hydrogen) atoms. The summed E-state index contributed by atoms with van der Waals surface area (Å²) in [6.07, 6.45) is 3.37. The Balaban J connectivity index is 1.64. The number of benzene rings is 1. The molecule has 0 fully saturated rings. The number of sulfonamides is 1. The topological polar surface area (TPSA) is 53.2 Å². The van der Waals surface area contributed by atoms with Gasteiger partial charge >= 0.3 is 0 Å². The lowest BCUT2D eigenvalue weighted by Crippen LogP contribution is -2.40. The molecule has 0 spiro atoms. The van der Waals surface area contributed by atoms with Crippen LogP contribution in [-0.4, -0.2) is 30.8 Å². The van der Waals surface area contributed by atoms with Crippen molar-refractivity contribution in [3.8, 4) is 0 Å². The zero-order chi connectivity index (χ0) is 17.6. The van der Waals surface area contributed by atoms with Gasteiger partial charge in [-0.15, -0.1) is 11.3 Å². The van der Waals surface area contributed by atoms with Crippen LogP contribution in [0.2, 0.25) is 0 Å². The number of hydrogen-bond acceptors (Lipinski definition) is 3. The number of aromatic nitrogens is 1. The summed E-state index contributed by atoms with van der Waals surface area (Å²) in [7, 11) is -1.70. The molecule has 3 aromatic rings. The summed E-state index contributed by atoms with van der Waals surface area (Å²) >= 11 is 1.39. The number of aryl methyl sites for hydroxylation is 2. The van der Waals surface area contributed by atoms with E-state index in [9.17, 15) is 8.42 Å². The van der Waals surface area contributed by atoms with Gasteiger partial charge in [-0.1, -0.05) is 25.1 Å². The van der Waals surface area contributed by atoms with E-state index in [1.54, 1.807) is 17.4 Å². The standard InChI is InChI=1S/C19H22N2O2S2/c1-3-14-9-11-19(24-14)25(22,23)21(2)13-8-10-18-16(12-13)15-6-4-5-7-17(15)20-18/h4-7,9,11,13,20H,3,8,10,12H2,1-2H3. The number of likely N-dealkylation sites (N-methyl/N-ethyl adjacent to an activating group) is 1. The minimum Gasteiger partial charge on any atom is -0.358 e. The van der Waals surface area contributed by atoms with Gasteiger partial charge in [0.15, 0.2) is 0 Å². The second kappa shape index (κ2) is 6.27. The molecule has 0 amide bonds. The van der Waals surface area contributed by atoms with Crippen LogP contribution in [0.25, 0.3) is 10.9 Å². The Kier molecular flexibility index (Phi) is 4.22. The summed E-state index contributed by atoms with van der Waals surface area (Å²) in [5.41, 5.74) is 3.67. The number of thiophene rings is 1. The molecule has 1 aliphatic rings. The van der Waals surface area contributed by atoms with Crippen LogP contribution < -0.4 is 0 Å². The summed E-state index contributed by atoms with van der Waals surface area (Å²) in [6.45, 7) is 2.05. The Morgan fingerprint density at radius 2 is 2.04 bits per heavy atom. The van der Waals surface area contributed by atoms with E-state index >= 15 is 0 Å². The number of rotatable bonds is 4. The molecule has 132 valence electrons. The highest BCUT2D eigenvalue weighted by molar-refractivity contribution is 7.91. The van der Waals surface area contributed by atoms with Crippen LogP contribution in [0.15, 0.2) is 40.6 Å². The molecule has 6 heteroatoms. The largest absolute Gasteiger partial charge is 0.358 e. The fourth-order valence-corrected chi connectivity index (χ4v) is 6.55. The van der Waals surface area contributed by atoms with Gasteiger partial charge in [-0.2, -0.15) is 4.31 Å². The van der Waals surface area contributed by atoms with Crippen LogP contribution in [0, 0.1) is 0 Å². The van der Waals surface area contributed by atoms with Gasteiger partial charge in [-0.3, -0.25) is 0 Å². The van der Waals surface area contributed by atoms with Crippen molar-refractivity contribution in [2.75, 3.05) is 7.05 Å². The average molecular weight is 375 g/mol. The van der Waals surface area contributed by atoms with Crippen LogP contribution in [0.5, 0.6) is 0 Å². The van der Waals surface area contributed by atoms with E-state index in [-0.39, 0.29) is 6.04 Å². The van der Waals surface area contributed by atoms with E-state index in [0.717, 1.165) is 36.1 Å². The predicted molar refractivity (Wildman–Crippen MR) is 103 cm³/mol. The van der Waals surface area contributed by atoms with E-state index in [2.05, 4.69) is 17.1 Å². The van der Waals surface area contributed by atoms with Crippen molar-refractivity contribution >= 4 is 32.3 Å². The summed E-state index contributed by atoms with van der Waals surface area (Å²) in [4.78, 5) is 4.60. The maximum absolute atomic E-state index is 13.0. The van der Waals surface area contributed by atoms with Crippen LogP contribution >= 0.6 is 11.3 Å². The van der Waals surface area contributed by atoms with Crippen molar-refractivity contribution in [1.29, 1.82) is 0 Å². The van der Waals surface area contributed by atoms with Crippen molar-refractivity contribution in [3.05, 3.63) is 52.5 Å². The molecular weight excluding hydrogens is 352 g/mol. The van der Waals surface area contributed by atoms with Gasteiger partial charge in [0.25, 0.3) is 10.0 Å². The Hall–Kier alpha value is -1.63. The van der Waals surface area contributed by atoms with Gasteiger partial charge in [0.05, 0.1) is 0 Å². The van der Waals surface area contributed by atoms with Gasteiger partial charge in [-0.25, -0.2) is 8.42 Å². The van der Waals surface area contributed by atoms with Gasteiger partial charge in [-0.05, 0) is 49.4 Å². The molecule has 1 aromatic carbocycles. The summed E-state index contributed by atoms with van der Waals surface area (Å²) in [6, 6.07) is 11.9. The zero-order valence-electron chi connectivity index (χ0n) is 14.5. The zero-order valence-corrected chi connectivity index (χ0v) is 16.1. The number of hydrogen-bond donors (Lipinski definition) is 1. The molecule has 4 rings (SSSR count). The highest BCUT2D eigenvalue weighted by Crippen LogP contribution is 2.33. The lowest BCUT2D eigenvalue weighted by atomic mass is 9.91. The first-order valence-corrected chi connectivity index (χ1v) is 10.9. The number of para-hydroxylation sites is 1. The predicted octanol–water partition coefficient (Wildman–Crippen LogP) is 3.97. The van der Waals surface area contributed by atoms with Crippen molar-refractivity contribution in [1.82, 2.24) is 9.29 Å². The SMILES string of the molecule is CCc1ccc(S(=O)(=O)N(C)C2CCc3[nH]c4ccccc4c3C2)s1. The third-order valence-electron chi connectivity index (χ3n) is 5.20. The van der Waals surface area contributed by atoms with E-state index in [4.69, 9.17) is 0 Å². The Morgan fingerprint density at radius 1 is 1.24 bits per heavy atom. The summed E-state index contributed by atoms with van der Waals surface area (Å²) < 4.78 is 28.0. The lowest BCUT2D eigenvalue weighted by Gasteiger charge is -2.30. The van der Waals surface area contributed by atoms with Gasteiger partial charge < -0.3 is 4.98 Å². The number of nitrogens with zero attached hydrogens (tertiary/aromatic N) is 1. The minimum atomic E-state index is -3.43. The molecule has 1 N–H and O–H groups in total. The number of fused-ring (bicyclic) bond motifs is 3. The molecular formula is C19H22N2O2S2.